The molecule has 2 aliphatic rings. The van der Waals surface area contributed by atoms with Gasteiger partial charge in [-0.05, 0) is 19.4 Å². The van der Waals surface area contributed by atoms with Gasteiger partial charge in [-0.25, -0.2) is 0 Å². The molecule has 1 atom stereocenters. The van der Waals surface area contributed by atoms with E-state index in [1.54, 1.807) is 0 Å². The number of nitrogens with zero attached hydrogens (tertiary/aromatic N) is 1. The molecule has 2 fully saturated rings. The second kappa shape index (κ2) is 7.45. The van der Waals surface area contributed by atoms with Crippen LogP contribution in [0, 0.1) is 5.92 Å². The molecule has 0 aromatic rings. The Labute approximate surface area is 114 Å². The standard InChI is InChI=1S/C13H24N4O2/c18-12-3-2-11(10-16-12)13(19)15-4-1-7-17-8-5-14-6-9-17/h11,14H,1-10H2,(H,15,19)(H,16,18). The molecule has 2 saturated heterocycles. The Morgan fingerprint density at radius 2 is 2.16 bits per heavy atom. The molecule has 3 N–H and O–H groups in total. The Morgan fingerprint density at radius 1 is 1.37 bits per heavy atom. The second-order valence-corrected chi connectivity index (χ2v) is 5.28. The van der Waals surface area contributed by atoms with Crippen molar-refractivity contribution in [3.63, 3.8) is 0 Å². The lowest BCUT2D eigenvalue weighted by Crippen LogP contribution is -2.45. The molecule has 2 amide bonds. The van der Waals surface area contributed by atoms with E-state index in [9.17, 15) is 9.59 Å². The lowest BCUT2D eigenvalue weighted by molar-refractivity contribution is -0.128. The lowest BCUT2D eigenvalue weighted by atomic mass is 9.98. The number of piperidine rings is 1. The maximum absolute atomic E-state index is 11.9. The van der Waals surface area contributed by atoms with Gasteiger partial charge >= 0.3 is 0 Å². The molecule has 108 valence electrons. The Balaban J connectivity index is 1.54. The van der Waals surface area contributed by atoms with Crippen molar-refractivity contribution in [1.29, 1.82) is 0 Å². The zero-order chi connectivity index (χ0) is 13.5. The molecule has 2 heterocycles. The van der Waals surface area contributed by atoms with Gasteiger partial charge in [-0.15, -0.1) is 0 Å². The molecule has 0 spiro atoms. The summed E-state index contributed by atoms with van der Waals surface area (Å²) in [5.74, 6) is 0.0972. The first-order valence-electron chi connectivity index (χ1n) is 7.23. The van der Waals surface area contributed by atoms with Gasteiger partial charge in [-0.2, -0.15) is 0 Å². The normalized spacial score (nSPS) is 24.8. The average Bonchev–Trinajstić information content (AvgIpc) is 2.45. The topological polar surface area (TPSA) is 73.5 Å². The van der Waals surface area contributed by atoms with E-state index in [0.717, 1.165) is 45.7 Å². The van der Waals surface area contributed by atoms with Crippen molar-refractivity contribution in [2.24, 2.45) is 5.92 Å². The molecule has 19 heavy (non-hydrogen) atoms. The zero-order valence-electron chi connectivity index (χ0n) is 11.4. The average molecular weight is 268 g/mol. The quantitative estimate of drug-likeness (QED) is 0.555. The van der Waals surface area contributed by atoms with Crippen LogP contribution in [-0.4, -0.2) is 62.5 Å². The highest BCUT2D eigenvalue weighted by atomic mass is 16.2. The molecular weight excluding hydrogens is 244 g/mol. The Kier molecular flexibility index (Phi) is 5.60. The van der Waals surface area contributed by atoms with Crippen molar-refractivity contribution in [3.05, 3.63) is 0 Å². The van der Waals surface area contributed by atoms with Crippen LogP contribution >= 0.6 is 0 Å². The van der Waals surface area contributed by atoms with Gasteiger partial charge in [0, 0.05) is 45.7 Å². The third-order valence-electron chi connectivity index (χ3n) is 3.80. The molecule has 0 aromatic carbocycles. The van der Waals surface area contributed by atoms with Crippen molar-refractivity contribution < 1.29 is 9.59 Å². The highest BCUT2D eigenvalue weighted by molar-refractivity contribution is 5.83. The van der Waals surface area contributed by atoms with E-state index in [0.29, 0.717) is 19.4 Å². The summed E-state index contributed by atoms with van der Waals surface area (Å²) >= 11 is 0. The first-order valence-corrected chi connectivity index (χ1v) is 7.23. The predicted molar refractivity (Wildman–Crippen MR) is 72.7 cm³/mol. The number of nitrogens with one attached hydrogen (secondary N) is 3. The van der Waals surface area contributed by atoms with Crippen LogP contribution in [0.15, 0.2) is 0 Å². The van der Waals surface area contributed by atoms with Gasteiger partial charge in [0.05, 0.1) is 5.92 Å². The number of hydrogen-bond acceptors (Lipinski definition) is 4. The van der Waals surface area contributed by atoms with Crippen LogP contribution in [0.2, 0.25) is 0 Å². The first kappa shape index (κ1) is 14.3. The van der Waals surface area contributed by atoms with Crippen LogP contribution in [0.5, 0.6) is 0 Å². The molecule has 2 aliphatic heterocycles. The van der Waals surface area contributed by atoms with Gasteiger partial charge < -0.3 is 20.9 Å². The zero-order valence-corrected chi connectivity index (χ0v) is 11.4. The van der Waals surface area contributed by atoms with E-state index < -0.39 is 0 Å². The van der Waals surface area contributed by atoms with Gasteiger partial charge in [0.25, 0.3) is 0 Å². The van der Waals surface area contributed by atoms with Crippen LogP contribution in [0.25, 0.3) is 0 Å². The van der Waals surface area contributed by atoms with Crippen molar-refractivity contribution in [1.82, 2.24) is 20.9 Å². The fraction of sp³-hybridized carbons (Fsp3) is 0.846. The van der Waals surface area contributed by atoms with E-state index in [2.05, 4.69) is 20.9 Å². The fourth-order valence-corrected chi connectivity index (χ4v) is 2.55. The molecule has 6 heteroatoms. The molecular formula is C13H24N4O2. The molecule has 1 unspecified atom stereocenters. The maximum Gasteiger partial charge on any atom is 0.224 e. The van der Waals surface area contributed by atoms with Gasteiger partial charge in [0.15, 0.2) is 0 Å². The summed E-state index contributed by atoms with van der Waals surface area (Å²) in [5, 5.41) is 9.04. The summed E-state index contributed by atoms with van der Waals surface area (Å²) in [5.41, 5.74) is 0. The SMILES string of the molecule is O=C1CCC(C(=O)NCCCN2CCNCC2)CN1. The van der Waals surface area contributed by atoms with E-state index >= 15 is 0 Å². The van der Waals surface area contributed by atoms with E-state index in [-0.39, 0.29) is 17.7 Å². The van der Waals surface area contributed by atoms with Crippen molar-refractivity contribution in [3.8, 4) is 0 Å². The van der Waals surface area contributed by atoms with Crippen molar-refractivity contribution in [2.75, 3.05) is 45.8 Å². The number of amides is 2. The number of carbonyl (C=O) groups is 2. The molecule has 6 nitrogen and oxygen atoms in total. The monoisotopic (exact) mass is 268 g/mol. The molecule has 0 aromatic heterocycles. The minimum Gasteiger partial charge on any atom is -0.356 e. The van der Waals surface area contributed by atoms with E-state index in [4.69, 9.17) is 0 Å². The summed E-state index contributed by atoms with van der Waals surface area (Å²) in [4.78, 5) is 25.3. The first-order chi connectivity index (χ1) is 9.25. The molecule has 0 aliphatic carbocycles. The van der Waals surface area contributed by atoms with Crippen LogP contribution in [0.4, 0.5) is 0 Å². The van der Waals surface area contributed by atoms with Crippen LogP contribution in [0.3, 0.4) is 0 Å². The summed E-state index contributed by atoms with van der Waals surface area (Å²) in [6.45, 7) is 6.59. The van der Waals surface area contributed by atoms with Crippen LogP contribution < -0.4 is 16.0 Å². The molecule has 2 rings (SSSR count). The third kappa shape index (κ3) is 4.80. The summed E-state index contributed by atoms with van der Waals surface area (Å²) in [6, 6.07) is 0. The van der Waals surface area contributed by atoms with Gasteiger partial charge in [0.2, 0.25) is 11.8 Å². The largest absolute Gasteiger partial charge is 0.356 e. The lowest BCUT2D eigenvalue weighted by Gasteiger charge is -2.27. The summed E-state index contributed by atoms with van der Waals surface area (Å²) in [6.07, 6.45) is 2.14. The molecule has 0 radical (unpaired) electrons. The number of hydrogen-bond donors (Lipinski definition) is 3. The Morgan fingerprint density at radius 3 is 2.84 bits per heavy atom. The van der Waals surface area contributed by atoms with Gasteiger partial charge in [0.1, 0.15) is 0 Å². The Hall–Kier alpha value is -1.14. The summed E-state index contributed by atoms with van der Waals surface area (Å²) < 4.78 is 0. The van der Waals surface area contributed by atoms with Crippen molar-refractivity contribution in [2.45, 2.75) is 19.3 Å². The predicted octanol–water partition coefficient (Wildman–Crippen LogP) is -1.08. The molecule has 0 bridgehead atoms. The van der Waals surface area contributed by atoms with Gasteiger partial charge in [-0.1, -0.05) is 0 Å². The highest BCUT2D eigenvalue weighted by Crippen LogP contribution is 2.10. The smallest absolute Gasteiger partial charge is 0.224 e. The van der Waals surface area contributed by atoms with E-state index in [1.807, 2.05) is 0 Å². The second-order valence-electron chi connectivity index (χ2n) is 5.28. The summed E-state index contributed by atoms with van der Waals surface area (Å²) in [7, 11) is 0. The number of piperazine rings is 1. The van der Waals surface area contributed by atoms with Crippen molar-refractivity contribution >= 4 is 11.8 Å². The third-order valence-corrected chi connectivity index (χ3v) is 3.80. The van der Waals surface area contributed by atoms with E-state index in [1.165, 1.54) is 0 Å². The Bertz CT molecular complexity index is 306. The number of carbonyl (C=O) groups excluding carboxylic acids is 2. The van der Waals surface area contributed by atoms with Crippen LogP contribution in [0.1, 0.15) is 19.3 Å². The maximum atomic E-state index is 11.9. The number of rotatable bonds is 5. The van der Waals surface area contributed by atoms with Gasteiger partial charge in [-0.3, -0.25) is 9.59 Å². The minimum absolute atomic E-state index is 0.0445. The molecule has 0 saturated carbocycles. The highest BCUT2D eigenvalue weighted by Gasteiger charge is 2.23. The fourth-order valence-electron chi connectivity index (χ4n) is 2.55. The minimum atomic E-state index is -0.0445. The van der Waals surface area contributed by atoms with Crippen LogP contribution in [-0.2, 0) is 9.59 Å².